The van der Waals surface area contributed by atoms with Gasteiger partial charge in [-0.05, 0) is 51.2 Å². The number of hydrogen-bond acceptors (Lipinski definition) is 1. The Labute approximate surface area is 99.6 Å². The number of ether oxygens (including phenoxy) is 1. The van der Waals surface area contributed by atoms with Crippen molar-refractivity contribution in [2.75, 3.05) is 7.11 Å². The lowest BCUT2D eigenvalue weighted by atomic mass is 10.0. The van der Waals surface area contributed by atoms with Crippen LogP contribution in [0.3, 0.4) is 0 Å². The molecule has 17 heavy (non-hydrogen) atoms. The Morgan fingerprint density at radius 3 is 2.59 bits per heavy atom. The molecule has 0 amide bonds. The number of benzene rings is 3. The third-order valence-corrected chi connectivity index (χ3v) is 3.72. The van der Waals surface area contributed by atoms with E-state index >= 15 is 0 Å². The van der Waals surface area contributed by atoms with Crippen molar-refractivity contribution in [1.29, 1.82) is 0 Å². The lowest BCUT2D eigenvalue weighted by molar-refractivity contribution is 0.415. The van der Waals surface area contributed by atoms with E-state index in [-0.39, 0.29) is 0 Å². The van der Waals surface area contributed by atoms with E-state index in [0.717, 1.165) is 12.2 Å². The highest BCUT2D eigenvalue weighted by atomic mass is 16.5. The molecular weight excluding hydrogens is 208 g/mol. The van der Waals surface area contributed by atoms with E-state index in [1.807, 2.05) is 0 Å². The monoisotopic (exact) mass is 220 g/mol. The molecule has 0 aromatic heterocycles. The van der Waals surface area contributed by atoms with Crippen LogP contribution in [0.2, 0.25) is 0 Å². The average Bonchev–Trinajstić information content (AvgIpc) is 2.75. The molecule has 0 aliphatic heterocycles. The molecule has 1 aliphatic carbocycles. The van der Waals surface area contributed by atoms with Crippen LogP contribution in [0.1, 0.15) is 11.1 Å². The SMILES string of the molecule is COc1cc2c3c(ccc4cccc(c43)C2)c1. The third-order valence-electron chi connectivity index (χ3n) is 3.72. The zero-order valence-electron chi connectivity index (χ0n) is 9.66. The minimum atomic E-state index is 0.958. The van der Waals surface area contributed by atoms with Gasteiger partial charge in [-0.1, -0.05) is 30.3 Å². The molecular formula is C16H12O. The summed E-state index contributed by atoms with van der Waals surface area (Å²) < 4.78 is 5.37. The number of methoxy groups -OCH3 is 1. The summed E-state index contributed by atoms with van der Waals surface area (Å²) in [4.78, 5) is 0. The quantitative estimate of drug-likeness (QED) is 0.442. The van der Waals surface area contributed by atoms with Crippen molar-refractivity contribution < 1.29 is 4.74 Å². The van der Waals surface area contributed by atoms with Gasteiger partial charge in [0.1, 0.15) is 5.75 Å². The molecule has 0 radical (unpaired) electrons. The maximum Gasteiger partial charge on any atom is 0.119 e. The standard InChI is InChI=1S/C16H12O/c1-17-14-8-12-6-5-10-3-2-4-11-7-13(9-14)16(12)15(10)11/h2-6,8-9H,7H2,1H3. The molecule has 0 heterocycles. The molecule has 0 saturated heterocycles. The molecule has 0 spiro atoms. The van der Waals surface area contributed by atoms with Crippen LogP contribution in [0.4, 0.5) is 0 Å². The van der Waals surface area contributed by atoms with Gasteiger partial charge in [0.15, 0.2) is 0 Å². The number of rotatable bonds is 1. The molecule has 82 valence electrons. The van der Waals surface area contributed by atoms with Crippen LogP contribution in [0.15, 0.2) is 42.5 Å². The Morgan fingerprint density at radius 2 is 1.71 bits per heavy atom. The summed E-state index contributed by atoms with van der Waals surface area (Å²) in [5, 5.41) is 5.48. The first kappa shape index (κ1) is 9.06. The Bertz CT molecular complexity index is 756. The first-order chi connectivity index (χ1) is 8.36. The van der Waals surface area contributed by atoms with Gasteiger partial charge < -0.3 is 4.74 Å². The van der Waals surface area contributed by atoms with E-state index in [1.54, 1.807) is 7.11 Å². The Hall–Kier alpha value is -2.02. The fourth-order valence-corrected chi connectivity index (χ4v) is 2.99. The minimum absolute atomic E-state index is 0.958. The van der Waals surface area contributed by atoms with Crippen molar-refractivity contribution >= 4 is 21.5 Å². The second-order valence-electron chi connectivity index (χ2n) is 4.64. The maximum atomic E-state index is 5.37. The average molecular weight is 220 g/mol. The molecule has 4 rings (SSSR count). The summed E-state index contributed by atoms with van der Waals surface area (Å²) in [7, 11) is 1.73. The Balaban J connectivity index is 2.25. The summed E-state index contributed by atoms with van der Waals surface area (Å²) in [6.45, 7) is 0. The van der Waals surface area contributed by atoms with Gasteiger partial charge in [-0.3, -0.25) is 0 Å². The predicted octanol–water partition coefficient (Wildman–Crippen LogP) is 3.91. The molecule has 0 bridgehead atoms. The van der Waals surface area contributed by atoms with Gasteiger partial charge in [0.2, 0.25) is 0 Å². The van der Waals surface area contributed by atoms with Crippen LogP contribution in [0.5, 0.6) is 5.75 Å². The summed E-state index contributed by atoms with van der Waals surface area (Å²) in [6.07, 6.45) is 1.03. The van der Waals surface area contributed by atoms with Crippen LogP contribution in [-0.4, -0.2) is 7.11 Å². The van der Waals surface area contributed by atoms with E-state index in [0.29, 0.717) is 0 Å². The highest BCUT2D eigenvalue weighted by Crippen LogP contribution is 2.39. The van der Waals surface area contributed by atoms with Crippen molar-refractivity contribution in [1.82, 2.24) is 0 Å². The number of hydrogen-bond donors (Lipinski definition) is 0. The fraction of sp³-hybridized carbons (Fsp3) is 0.125. The molecule has 1 nitrogen and oxygen atoms in total. The van der Waals surface area contributed by atoms with Gasteiger partial charge in [0.25, 0.3) is 0 Å². The highest BCUT2D eigenvalue weighted by Gasteiger charge is 2.17. The van der Waals surface area contributed by atoms with E-state index < -0.39 is 0 Å². The molecule has 1 aliphatic rings. The Morgan fingerprint density at radius 1 is 0.882 bits per heavy atom. The zero-order chi connectivity index (χ0) is 11.4. The minimum Gasteiger partial charge on any atom is -0.497 e. The summed E-state index contributed by atoms with van der Waals surface area (Å²) in [6, 6.07) is 15.3. The first-order valence-corrected chi connectivity index (χ1v) is 5.88. The largest absolute Gasteiger partial charge is 0.497 e. The smallest absolute Gasteiger partial charge is 0.119 e. The molecule has 3 aromatic carbocycles. The molecule has 0 atom stereocenters. The van der Waals surface area contributed by atoms with Crippen molar-refractivity contribution in [3.63, 3.8) is 0 Å². The van der Waals surface area contributed by atoms with Gasteiger partial charge in [0.05, 0.1) is 7.11 Å². The third kappa shape index (κ3) is 1.09. The van der Waals surface area contributed by atoms with Crippen molar-refractivity contribution in [2.45, 2.75) is 6.42 Å². The summed E-state index contributed by atoms with van der Waals surface area (Å²) >= 11 is 0. The summed E-state index contributed by atoms with van der Waals surface area (Å²) in [5.74, 6) is 0.958. The van der Waals surface area contributed by atoms with Gasteiger partial charge in [-0.25, -0.2) is 0 Å². The van der Waals surface area contributed by atoms with Crippen LogP contribution < -0.4 is 4.74 Å². The van der Waals surface area contributed by atoms with Crippen LogP contribution in [-0.2, 0) is 6.42 Å². The fourth-order valence-electron chi connectivity index (χ4n) is 2.99. The van der Waals surface area contributed by atoms with Gasteiger partial charge in [0, 0.05) is 0 Å². The van der Waals surface area contributed by atoms with E-state index in [9.17, 15) is 0 Å². The maximum absolute atomic E-state index is 5.37. The van der Waals surface area contributed by atoms with Crippen molar-refractivity contribution in [2.24, 2.45) is 0 Å². The molecule has 3 aromatic rings. The van der Waals surface area contributed by atoms with E-state index in [2.05, 4.69) is 42.5 Å². The lowest BCUT2D eigenvalue weighted by Gasteiger charge is -2.06. The second kappa shape index (κ2) is 3.01. The van der Waals surface area contributed by atoms with Gasteiger partial charge in [-0.15, -0.1) is 0 Å². The molecule has 0 fully saturated rings. The van der Waals surface area contributed by atoms with Crippen LogP contribution in [0.25, 0.3) is 21.5 Å². The second-order valence-corrected chi connectivity index (χ2v) is 4.64. The molecule has 0 unspecified atom stereocenters. The normalized spacial score (nSPS) is 12.8. The zero-order valence-corrected chi connectivity index (χ0v) is 9.66. The summed E-state index contributed by atoms with van der Waals surface area (Å²) in [5.41, 5.74) is 2.84. The lowest BCUT2D eigenvalue weighted by Crippen LogP contribution is -1.86. The van der Waals surface area contributed by atoms with Crippen LogP contribution >= 0.6 is 0 Å². The first-order valence-electron chi connectivity index (χ1n) is 5.88. The van der Waals surface area contributed by atoms with E-state index in [4.69, 9.17) is 4.74 Å². The predicted molar refractivity (Wildman–Crippen MR) is 70.8 cm³/mol. The molecule has 0 N–H and O–H groups in total. The topological polar surface area (TPSA) is 9.23 Å². The van der Waals surface area contributed by atoms with Gasteiger partial charge in [-0.2, -0.15) is 0 Å². The molecule has 0 saturated carbocycles. The molecule has 1 heteroatoms. The Kier molecular flexibility index (Phi) is 1.60. The van der Waals surface area contributed by atoms with Crippen molar-refractivity contribution in [3.8, 4) is 5.75 Å². The van der Waals surface area contributed by atoms with E-state index in [1.165, 1.54) is 32.7 Å². The van der Waals surface area contributed by atoms with Gasteiger partial charge >= 0.3 is 0 Å². The highest BCUT2D eigenvalue weighted by molar-refractivity contribution is 6.13. The van der Waals surface area contributed by atoms with Crippen LogP contribution in [0, 0.1) is 0 Å². The van der Waals surface area contributed by atoms with Crippen molar-refractivity contribution in [3.05, 3.63) is 53.6 Å².